The first-order valence-corrected chi connectivity index (χ1v) is 7.76. The summed E-state index contributed by atoms with van der Waals surface area (Å²) in [5.41, 5.74) is 5.82. The third-order valence-corrected chi connectivity index (χ3v) is 4.33. The number of hydrogen-bond donors (Lipinski definition) is 0. The molecule has 0 radical (unpaired) electrons. The van der Waals surface area contributed by atoms with Crippen molar-refractivity contribution in [3.05, 3.63) is 89.1 Å². The van der Waals surface area contributed by atoms with Gasteiger partial charge in [-0.25, -0.2) is 0 Å². The van der Waals surface area contributed by atoms with Gasteiger partial charge in [0.2, 0.25) is 5.78 Å². The van der Waals surface area contributed by atoms with E-state index in [4.69, 9.17) is 0 Å². The zero-order chi connectivity index (χ0) is 16.0. The number of carbonyl (C=O) groups is 1. The quantitative estimate of drug-likeness (QED) is 0.480. The largest absolute Gasteiger partial charge is 0.306 e. The second-order valence-corrected chi connectivity index (χ2v) is 6.03. The Bertz CT molecular complexity index is 1040. The molecule has 4 rings (SSSR count). The normalized spacial score (nSPS) is 11.2. The molecule has 0 aliphatic rings. The molecule has 0 aliphatic carbocycles. The van der Waals surface area contributed by atoms with Crippen LogP contribution in [0.5, 0.6) is 0 Å². The molecule has 4 aromatic rings. The SMILES string of the molecule is Cc1ccc2c(ccc3cc(C)c(C(=O)c4ccccc4)n32)c1. The van der Waals surface area contributed by atoms with Gasteiger partial charge in [-0.15, -0.1) is 0 Å². The standard InChI is InChI=1S/C21H17NO/c1-14-8-11-19-17(12-14)9-10-18-13-15(2)20(22(18)19)21(23)16-6-4-3-5-7-16/h3-13H,1-2H3. The molecule has 0 N–H and O–H groups in total. The molecule has 0 spiro atoms. The number of benzene rings is 2. The Morgan fingerprint density at radius 3 is 2.43 bits per heavy atom. The predicted molar refractivity (Wildman–Crippen MR) is 94.3 cm³/mol. The minimum absolute atomic E-state index is 0.0659. The van der Waals surface area contributed by atoms with E-state index in [0.717, 1.165) is 33.2 Å². The molecule has 0 atom stereocenters. The summed E-state index contributed by atoms with van der Waals surface area (Å²) in [6.45, 7) is 4.09. The molecule has 0 bridgehead atoms. The molecule has 2 aromatic heterocycles. The van der Waals surface area contributed by atoms with E-state index in [-0.39, 0.29) is 5.78 Å². The third kappa shape index (κ3) is 2.15. The Morgan fingerprint density at radius 2 is 1.65 bits per heavy atom. The Hall–Kier alpha value is -2.87. The van der Waals surface area contributed by atoms with E-state index in [9.17, 15) is 4.79 Å². The van der Waals surface area contributed by atoms with Gasteiger partial charge in [-0.3, -0.25) is 4.79 Å². The molecule has 0 saturated heterocycles. The molecule has 2 nitrogen and oxygen atoms in total. The van der Waals surface area contributed by atoms with Gasteiger partial charge in [0.15, 0.2) is 0 Å². The van der Waals surface area contributed by atoms with Gasteiger partial charge in [0.1, 0.15) is 0 Å². The van der Waals surface area contributed by atoms with Crippen molar-refractivity contribution < 1.29 is 4.79 Å². The van der Waals surface area contributed by atoms with Crippen molar-refractivity contribution >= 4 is 22.2 Å². The van der Waals surface area contributed by atoms with E-state index in [1.54, 1.807) is 0 Å². The van der Waals surface area contributed by atoms with Crippen LogP contribution >= 0.6 is 0 Å². The van der Waals surface area contributed by atoms with Gasteiger partial charge in [-0.1, -0.05) is 48.0 Å². The molecule has 2 aromatic carbocycles. The van der Waals surface area contributed by atoms with Crippen LogP contribution in [0.4, 0.5) is 0 Å². The fourth-order valence-electron chi connectivity index (χ4n) is 3.24. The van der Waals surface area contributed by atoms with Crippen LogP contribution in [0, 0.1) is 13.8 Å². The first-order valence-electron chi connectivity index (χ1n) is 7.76. The van der Waals surface area contributed by atoms with Crippen molar-refractivity contribution in [2.75, 3.05) is 0 Å². The Labute approximate surface area is 135 Å². The van der Waals surface area contributed by atoms with Crippen molar-refractivity contribution in [2.45, 2.75) is 13.8 Å². The molecule has 23 heavy (non-hydrogen) atoms. The minimum atomic E-state index is 0.0659. The number of aryl methyl sites for hydroxylation is 2. The summed E-state index contributed by atoms with van der Waals surface area (Å²) in [7, 11) is 0. The molecule has 0 aliphatic heterocycles. The van der Waals surface area contributed by atoms with Crippen LogP contribution in [0.2, 0.25) is 0 Å². The number of fused-ring (bicyclic) bond motifs is 3. The van der Waals surface area contributed by atoms with Crippen LogP contribution in [0.1, 0.15) is 27.2 Å². The Kier molecular flexibility index (Phi) is 3.05. The number of rotatable bonds is 2. The first-order chi connectivity index (χ1) is 11.1. The lowest BCUT2D eigenvalue weighted by atomic mass is 10.1. The first kappa shape index (κ1) is 13.8. The fraction of sp³-hybridized carbons (Fsp3) is 0.0952. The average Bonchev–Trinajstić information content (AvgIpc) is 2.91. The highest BCUT2D eigenvalue weighted by Crippen LogP contribution is 2.25. The summed E-state index contributed by atoms with van der Waals surface area (Å²) >= 11 is 0. The maximum atomic E-state index is 13.0. The summed E-state index contributed by atoms with van der Waals surface area (Å²) < 4.78 is 2.08. The zero-order valence-corrected chi connectivity index (χ0v) is 13.2. The lowest BCUT2D eigenvalue weighted by Gasteiger charge is -2.09. The van der Waals surface area contributed by atoms with Crippen LogP contribution in [-0.4, -0.2) is 10.2 Å². The third-order valence-electron chi connectivity index (χ3n) is 4.33. The van der Waals surface area contributed by atoms with E-state index < -0.39 is 0 Å². The monoisotopic (exact) mass is 299 g/mol. The molecule has 112 valence electrons. The van der Waals surface area contributed by atoms with Crippen molar-refractivity contribution in [1.82, 2.24) is 4.40 Å². The summed E-state index contributed by atoms with van der Waals surface area (Å²) in [5, 5.41) is 1.15. The van der Waals surface area contributed by atoms with Gasteiger partial charge in [0.25, 0.3) is 0 Å². The van der Waals surface area contributed by atoms with Crippen LogP contribution in [-0.2, 0) is 0 Å². The zero-order valence-electron chi connectivity index (χ0n) is 13.2. The van der Waals surface area contributed by atoms with E-state index >= 15 is 0 Å². The smallest absolute Gasteiger partial charge is 0.210 e. The number of ketones is 1. The maximum absolute atomic E-state index is 13.0. The highest BCUT2D eigenvalue weighted by molar-refractivity contribution is 6.10. The van der Waals surface area contributed by atoms with Gasteiger partial charge in [0.05, 0.1) is 11.2 Å². The number of pyridine rings is 1. The summed E-state index contributed by atoms with van der Waals surface area (Å²) in [5.74, 6) is 0.0659. The maximum Gasteiger partial charge on any atom is 0.210 e. The molecule has 0 saturated carbocycles. The van der Waals surface area contributed by atoms with Crippen molar-refractivity contribution in [1.29, 1.82) is 0 Å². The lowest BCUT2D eigenvalue weighted by Crippen LogP contribution is -2.07. The fourth-order valence-corrected chi connectivity index (χ4v) is 3.24. The van der Waals surface area contributed by atoms with Crippen LogP contribution < -0.4 is 0 Å². The second kappa shape index (κ2) is 5.10. The number of nitrogens with zero attached hydrogens (tertiary/aromatic N) is 1. The van der Waals surface area contributed by atoms with Gasteiger partial charge in [-0.05, 0) is 49.1 Å². The Morgan fingerprint density at radius 1 is 0.870 bits per heavy atom. The molecule has 2 heterocycles. The summed E-state index contributed by atoms with van der Waals surface area (Å²) in [4.78, 5) is 13.0. The molecular formula is C21H17NO. The van der Waals surface area contributed by atoms with Gasteiger partial charge in [-0.2, -0.15) is 0 Å². The van der Waals surface area contributed by atoms with E-state index in [1.807, 2.05) is 37.3 Å². The summed E-state index contributed by atoms with van der Waals surface area (Å²) in [6.07, 6.45) is 0. The van der Waals surface area contributed by atoms with Crippen molar-refractivity contribution in [3.8, 4) is 0 Å². The van der Waals surface area contributed by atoms with Crippen LogP contribution in [0.15, 0.2) is 66.7 Å². The van der Waals surface area contributed by atoms with Crippen LogP contribution in [0.25, 0.3) is 16.4 Å². The minimum Gasteiger partial charge on any atom is -0.306 e. The lowest BCUT2D eigenvalue weighted by molar-refractivity contribution is 0.103. The number of hydrogen-bond acceptors (Lipinski definition) is 1. The second-order valence-electron chi connectivity index (χ2n) is 6.03. The van der Waals surface area contributed by atoms with Crippen LogP contribution in [0.3, 0.4) is 0 Å². The van der Waals surface area contributed by atoms with Gasteiger partial charge in [0, 0.05) is 11.1 Å². The molecule has 0 amide bonds. The predicted octanol–water partition coefficient (Wildman–Crippen LogP) is 4.94. The highest BCUT2D eigenvalue weighted by Gasteiger charge is 2.18. The summed E-state index contributed by atoms with van der Waals surface area (Å²) in [6, 6.07) is 22.1. The molecule has 0 unspecified atom stereocenters. The topological polar surface area (TPSA) is 21.5 Å². The van der Waals surface area contributed by atoms with E-state index in [0.29, 0.717) is 0 Å². The molecule has 2 heteroatoms. The molecular weight excluding hydrogens is 282 g/mol. The Balaban J connectivity index is 2.06. The average molecular weight is 299 g/mol. The molecule has 0 fully saturated rings. The van der Waals surface area contributed by atoms with E-state index in [1.165, 1.54) is 5.56 Å². The van der Waals surface area contributed by atoms with Crippen molar-refractivity contribution in [2.24, 2.45) is 0 Å². The number of carbonyl (C=O) groups excluding carboxylic acids is 1. The van der Waals surface area contributed by atoms with E-state index in [2.05, 4.69) is 47.7 Å². The highest BCUT2D eigenvalue weighted by atomic mass is 16.1. The van der Waals surface area contributed by atoms with Gasteiger partial charge >= 0.3 is 0 Å². The van der Waals surface area contributed by atoms with Gasteiger partial charge < -0.3 is 4.40 Å². The van der Waals surface area contributed by atoms with Crippen molar-refractivity contribution in [3.63, 3.8) is 0 Å². The number of aromatic nitrogens is 1.